The van der Waals surface area contributed by atoms with E-state index in [-0.39, 0.29) is 14.9 Å². The van der Waals surface area contributed by atoms with Gasteiger partial charge in [0.1, 0.15) is 4.88 Å². The molecule has 2 aromatic rings. The third kappa shape index (κ3) is 3.59. The molecular weight excluding hydrogens is 312 g/mol. The SMILES string of the molecule is CC(C)c1ccc(NC(=O)c2cc([N+](=O)[O-])c(Cl)s2)cc1. The van der Waals surface area contributed by atoms with Gasteiger partial charge in [-0.2, -0.15) is 0 Å². The molecule has 0 unspecified atom stereocenters. The molecule has 0 aliphatic rings. The number of benzene rings is 1. The van der Waals surface area contributed by atoms with Gasteiger partial charge in [0, 0.05) is 11.8 Å². The first-order valence-corrected chi connectivity index (χ1v) is 7.43. The van der Waals surface area contributed by atoms with Gasteiger partial charge in [-0.05, 0) is 23.6 Å². The Morgan fingerprint density at radius 2 is 1.95 bits per heavy atom. The predicted molar refractivity (Wildman–Crippen MR) is 84.5 cm³/mol. The normalized spacial score (nSPS) is 10.7. The Labute approximate surface area is 130 Å². The first-order chi connectivity index (χ1) is 9.88. The zero-order chi connectivity index (χ0) is 15.6. The van der Waals surface area contributed by atoms with Crippen molar-refractivity contribution in [3.63, 3.8) is 0 Å². The van der Waals surface area contributed by atoms with Crippen LogP contribution in [0.3, 0.4) is 0 Å². The summed E-state index contributed by atoms with van der Waals surface area (Å²) in [6.07, 6.45) is 0. The van der Waals surface area contributed by atoms with Crippen LogP contribution in [0.2, 0.25) is 4.34 Å². The molecule has 1 N–H and O–H groups in total. The molecule has 0 saturated heterocycles. The summed E-state index contributed by atoms with van der Waals surface area (Å²) in [5.74, 6) is 0.000741. The van der Waals surface area contributed by atoms with Crippen LogP contribution in [-0.4, -0.2) is 10.8 Å². The lowest BCUT2D eigenvalue weighted by molar-refractivity contribution is -0.384. The van der Waals surface area contributed by atoms with Crippen molar-refractivity contribution >= 4 is 40.2 Å². The third-order valence-electron chi connectivity index (χ3n) is 2.92. The van der Waals surface area contributed by atoms with E-state index >= 15 is 0 Å². The fraction of sp³-hybridized carbons (Fsp3) is 0.214. The topological polar surface area (TPSA) is 72.2 Å². The number of hydrogen-bond acceptors (Lipinski definition) is 4. The van der Waals surface area contributed by atoms with E-state index in [4.69, 9.17) is 11.6 Å². The van der Waals surface area contributed by atoms with E-state index in [1.807, 2.05) is 12.1 Å². The number of carbonyl (C=O) groups excluding carboxylic acids is 1. The van der Waals surface area contributed by atoms with Crippen molar-refractivity contribution in [2.45, 2.75) is 19.8 Å². The Morgan fingerprint density at radius 1 is 1.33 bits per heavy atom. The summed E-state index contributed by atoms with van der Waals surface area (Å²) in [6, 6.07) is 8.66. The van der Waals surface area contributed by atoms with Crippen molar-refractivity contribution in [3.8, 4) is 0 Å². The summed E-state index contributed by atoms with van der Waals surface area (Å²) >= 11 is 6.63. The molecule has 5 nitrogen and oxygen atoms in total. The molecule has 1 aromatic heterocycles. The van der Waals surface area contributed by atoms with E-state index in [1.54, 1.807) is 12.1 Å². The number of anilines is 1. The molecule has 1 aromatic carbocycles. The fourth-order valence-corrected chi connectivity index (χ4v) is 2.86. The summed E-state index contributed by atoms with van der Waals surface area (Å²) < 4.78 is 0.000283. The molecule has 0 saturated carbocycles. The lowest BCUT2D eigenvalue weighted by Gasteiger charge is -2.07. The number of rotatable bonds is 4. The Balaban J connectivity index is 2.14. The summed E-state index contributed by atoms with van der Waals surface area (Å²) in [6.45, 7) is 4.17. The summed E-state index contributed by atoms with van der Waals surface area (Å²) in [5.41, 5.74) is 1.56. The molecule has 2 rings (SSSR count). The first kappa shape index (κ1) is 15.5. The Morgan fingerprint density at radius 3 is 2.43 bits per heavy atom. The van der Waals surface area contributed by atoms with E-state index in [9.17, 15) is 14.9 Å². The molecule has 21 heavy (non-hydrogen) atoms. The number of hydrogen-bond donors (Lipinski definition) is 1. The monoisotopic (exact) mass is 324 g/mol. The molecule has 1 heterocycles. The van der Waals surface area contributed by atoms with E-state index < -0.39 is 10.8 Å². The average molecular weight is 325 g/mol. The van der Waals surface area contributed by atoms with Crippen molar-refractivity contribution < 1.29 is 9.72 Å². The van der Waals surface area contributed by atoms with Crippen LogP contribution in [0.25, 0.3) is 0 Å². The molecular formula is C14H13ClN2O3S. The smallest absolute Gasteiger partial charge is 0.299 e. The van der Waals surface area contributed by atoms with Gasteiger partial charge in [0.2, 0.25) is 0 Å². The van der Waals surface area contributed by atoms with Gasteiger partial charge in [0.15, 0.2) is 4.34 Å². The summed E-state index contributed by atoms with van der Waals surface area (Å²) in [4.78, 5) is 22.4. The average Bonchev–Trinajstić information content (AvgIpc) is 2.81. The highest BCUT2D eigenvalue weighted by Gasteiger charge is 2.21. The van der Waals surface area contributed by atoms with Gasteiger partial charge in [-0.15, -0.1) is 11.3 Å². The van der Waals surface area contributed by atoms with E-state index in [0.29, 0.717) is 11.6 Å². The minimum atomic E-state index is -0.604. The van der Waals surface area contributed by atoms with Gasteiger partial charge in [-0.3, -0.25) is 14.9 Å². The molecule has 0 fully saturated rings. The maximum atomic E-state index is 12.0. The highest BCUT2D eigenvalue weighted by molar-refractivity contribution is 7.18. The highest BCUT2D eigenvalue weighted by Crippen LogP contribution is 2.34. The molecule has 7 heteroatoms. The standard InChI is InChI=1S/C14H13ClN2O3S/c1-8(2)9-3-5-10(6-4-9)16-14(18)12-7-11(17(19)20)13(15)21-12/h3-8H,1-2H3,(H,16,18). The van der Waals surface area contributed by atoms with Crippen molar-refractivity contribution in [3.05, 3.63) is 55.2 Å². The fourth-order valence-electron chi connectivity index (χ4n) is 1.74. The van der Waals surface area contributed by atoms with Gasteiger partial charge in [0.25, 0.3) is 11.6 Å². The lowest BCUT2D eigenvalue weighted by Crippen LogP contribution is -2.10. The van der Waals surface area contributed by atoms with Gasteiger partial charge in [0.05, 0.1) is 4.92 Å². The zero-order valence-electron chi connectivity index (χ0n) is 11.4. The molecule has 0 radical (unpaired) electrons. The second-order valence-corrected chi connectivity index (χ2v) is 6.41. The van der Waals surface area contributed by atoms with Crippen LogP contribution >= 0.6 is 22.9 Å². The Kier molecular flexibility index (Phi) is 4.59. The third-order valence-corrected chi connectivity index (χ3v) is 4.26. The number of nitrogens with zero attached hydrogens (tertiary/aromatic N) is 1. The Hall–Kier alpha value is -1.92. The van der Waals surface area contributed by atoms with Crippen molar-refractivity contribution in [2.75, 3.05) is 5.32 Å². The molecule has 0 aliphatic heterocycles. The van der Waals surface area contributed by atoms with Crippen LogP contribution in [0.1, 0.15) is 35.0 Å². The Bertz CT molecular complexity index is 680. The van der Waals surface area contributed by atoms with Crippen LogP contribution in [-0.2, 0) is 0 Å². The first-order valence-electron chi connectivity index (χ1n) is 6.23. The van der Waals surface area contributed by atoms with Crippen LogP contribution < -0.4 is 5.32 Å². The largest absolute Gasteiger partial charge is 0.321 e. The molecule has 0 bridgehead atoms. The van der Waals surface area contributed by atoms with Crippen LogP contribution in [0.5, 0.6) is 0 Å². The predicted octanol–water partition coefficient (Wildman–Crippen LogP) is 4.69. The van der Waals surface area contributed by atoms with Gasteiger partial charge < -0.3 is 5.32 Å². The van der Waals surface area contributed by atoms with Crippen molar-refractivity contribution in [2.24, 2.45) is 0 Å². The van der Waals surface area contributed by atoms with Gasteiger partial charge >= 0.3 is 0 Å². The van der Waals surface area contributed by atoms with E-state index in [2.05, 4.69) is 19.2 Å². The van der Waals surface area contributed by atoms with Crippen molar-refractivity contribution in [1.82, 2.24) is 0 Å². The minimum absolute atomic E-state index is 0.000283. The van der Waals surface area contributed by atoms with Gasteiger partial charge in [-0.25, -0.2) is 0 Å². The summed E-state index contributed by atoms with van der Waals surface area (Å²) in [7, 11) is 0. The number of nitrogens with one attached hydrogen (secondary N) is 1. The van der Waals surface area contributed by atoms with E-state index in [0.717, 1.165) is 11.3 Å². The molecule has 110 valence electrons. The zero-order valence-corrected chi connectivity index (χ0v) is 13.0. The van der Waals surface area contributed by atoms with Crippen LogP contribution in [0.4, 0.5) is 11.4 Å². The number of carbonyl (C=O) groups is 1. The number of thiophene rings is 1. The van der Waals surface area contributed by atoms with Crippen LogP contribution in [0, 0.1) is 10.1 Å². The second-order valence-electron chi connectivity index (χ2n) is 4.76. The highest BCUT2D eigenvalue weighted by atomic mass is 35.5. The number of amides is 1. The van der Waals surface area contributed by atoms with E-state index in [1.165, 1.54) is 11.6 Å². The summed E-state index contributed by atoms with van der Waals surface area (Å²) in [5, 5.41) is 13.4. The van der Waals surface area contributed by atoms with Crippen molar-refractivity contribution in [1.29, 1.82) is 0 Å². The second kappa shape index (κ2) is 6.24. The number of nitro groups is 1. The maximum Gasteiger partial charge on any atom is 0.299 e. The molecule has 0 aliphatic carbocycles. The molecule has 0 atom stereocenters. The maximum absolute atomic E-state index is 12.0. The number of halogens is 1. The molecule has 0 spiro atoms. The minimum Gasteiger partial charge on any atom is -0.321 e. The van der Waals surface area contributed by atoms with Gasteiger partial charge in [-0.1, -0.05) is 37.6 Å². The molecule has 1 amide bonds. The van der Waals surface area contributed by atoms with Crippen LogP contribution in [0.15, 0.2) is 30.3 Å². The lowest BCUT2D eigenvalue weighted by atomic mass is 10.0. The quantitative estimate of drug-likeness (QED) is 0.655.